The lowest BCUT2D eigenvalue weighted by atomic mass is 10.1. The van der Waals surface area contributed by atoms with Gasteiger partial charge in [0.05, 0.1) is 18.3 Å². The minimum absolute atomic E-state index is 0.416. The van der Waals surface area contributed by atoms with Gasteiger partial charge in [0.15, 0.2) is 0 Å². The first-order chi connectivity index (χ1) is 7.70. The molecule has 0 aromatic carbocycles. The fourth-order valence-corrected chi connectivity index (χ4v) is 1.52. The summed E-state index contributed by atoms with van der Waals surface area (Å²) in [5, 5.41) is 0.534. The van der Waals surface area contributed by atoms with Crippen molar-refractivity contribution < 1.29 is 4.74 Å². The topological polar surface area (TPSA) is 61.0 Å². The first-order valence-electron chi connectivity index (χ1n) is 4.61. The number of nitrogens with two attached hydrogens (primary N) is 1. The van der Waals surface area contributed by atoms with Crippen LogP contribution in [0.15, 0.2) is 30.7 Å². The van der Waals surface area contributed by atoms with E-state index in [4.69, 9.17) is 22.1 Å². The number of methoxy groups -OCH3 is 1. The molecule has 0 aliphatic rings. The van der Waals surface area contributed by atoms with Gasteiger partial charge in [-0.05, 0) is 12.1 Å². The molecular weight excluding hydrogens is 226 g/mol. The van der Waals surface area contributed by atoms with Gasteiger partial charge in [-0.1, -0.05) is 11.6 Å². The van der Waals surface area contributed by atoms with Crippen LogP contribution in [0.1, 0.15) is 0 Å². The normalized spacial score (nSPS) is 10.1. The van der Waals surface area contributed by atoms with Crippen molar-refractivity contribution in [1.82, 2.24) is 9.97 Å². The maximum Gasteiger partial charge on any atom is 0.137 e. The van der Waals surface area contributed by atoms with Crippen LogP contribution >= 0.6 is 11.6 Å². The summed E-state index contributed by atoms with van der Waals surface area (Å²) in [7, 11) is 1.58. The lowest BCUT2D eigenvalue weighted by Crippen LogP contribution is -1.94. The number of anilines is 1. The predicted molar refractivity (Wildman–Crippen MR) is 63.4 cm³/mol. The van der Waals surface area contributed by atoms with Gasteiger partial charge in [0.1, 0.15) is 11.6 Å². The van der Waals surface area contributed by atoms with E-state index in [2.05, 4.69) is 9.97 Å². The van der Waals surface area contributed by atoms with Crippen molar-refractivity contribution in [2.24, 2.45) is 0 Å². The highest BCUT2D eigenvalue weighted by atomic mass is 35.5. The Morgan fingerprint density at radius 1 is 1.25 bits per heavy atom. The van der Waals surface area contributed by atoms with Gasteiger partial charge in [0.25, 0.3) is 0 Å². The highest BCUT2D eigenvalue weighted by molar-refractivity contribution is 6.30. The fourth-order valence-electron chi connectivity index (χ4n) is 1.36. The molecule has 2 aromatic heterocycles. The van der Waals surface area contributed by atoms with E-state index in [9.17, 15) is 0 Å². The van der Waals surface area contributed by atoms with E-state index in [1.54, 1.807) is 25.6 Å². The number of hydrogen-bond acceptors (Lipinski definition) is 4. The van der Waals surface area contributed by atoms with Gasteiger partial charge < -0.3 is 10.5 Å². The Morgan fingerprint density at radius 3 is 2.81 bits per heavy atom. The third kappa shape index (κ3) is 2.06. The first kappa shape index (κ1) is 10.7. The molecule has 2 heterocycles. The molecule has 0 amide bonds. The quantitative estimate of drug-likeness (QED) is 0.868. The molecule has 82 valence electrons. The van der Waals surface area contributed by atoms with Crippen LogP contribution in [0.4, 0.5) is 5.82 Å². The standard InChI is InChI=1S/C11H10ClN3O/c1-16-9-2-7(4-14-6-9)10-3-8(12)5-15-11(10)13/h2-6H,1H3,(H2,13,15). The maximum absolute atomic E-state index is 5.87. The first-order valence-corrected chi connectivity index (χ1v) is 4.99. The van der Waals surface area contributed by atoms with Crippen LogP contribution < -0.4 is 10.5 Å². The van der Waals surface area contributed by atoms with Gasteiger partial charge in [-0.2, -0.15) is 0 Å². The second kappa shape index (κ2) is 4.37. The average molecular weight is 236 g/mol. The summed E-state index contributed by atoms with van der Waals surface area (Å²) in [6.45, 7) is 0. The van der Waals surface area contributed by atoms with E-state index in [1.165, 1.54) is 6.20 Å². The van der Waals surface area contributed by atoms with Crippen molar-refractivity contribution >= 4 is 17.4 Å². The van der Waals surface area contributed by atoms with Crippen molar-refractivity contribution in [2.45, 2.75) is 0 Å². The van der Waals surface area contributed by atoms with Crippen LogP contribution in [0.3, 0.4) is 0 Å². The number of nitrogens with zero attached hydrogens (tertiary/aromatic N) is 2. The van der Waals surface area contributed by atoms with Crippen LogP contribution in [0, 0.1) is 0 Å². The highest BCUT2D eigenvalue weighted by Gasteiger charge is 2.06. The van der Waals surface area contributed by atoms with Gasteiger partial charge in [-0.25, -0.2) is 4.98 Å². The summed E-state index contributed by atoms with van der Waals surface area (Å²) in [5.74, 6) is 1.08. The molecule has 4 nitrogen and oxygen atoms in total. The van der Waals surface area contributed by atoms with E-state index in [1.807, 2.05) is 6.07 Å². The van der Waals surface area contributed by atoms with Crippen LogP contribution in [0.25, 0.3) is 11.1 Å². The molecule has 0 radical (unpaired) electrons. The lowest BCUT2D eigenvalue weighted by molar-refractivity contribution is 0.413. The van der Waals surface area contributed by atoms with Crippen molar-refractivity contribution in [2.75, 3.05) is 12.8 Å². The van der Waals surface area contributed by atoms with Gasteiger partial charge in [-0.3, -0.25) is 4.98 Å². The van der Waals surface area contributed by atoms with E-state index >= 15 is 0 Å². The molecule has 0 fully saturated rings. The zero-order chi connectivity index (χ0) is 11.5. The third-order valence-corrected chi connectivity index (χ3v) is 2.35. The maximum atomic E-state index is 5.87. The van der Waals surface area contributed by atoms with E-state index in [0.717, 1.165) is 11.1 Å². The van der Waals surface area contributed by atoms with Gasteiger partial charge >= 0.3 is 0 Å². The van der Waals surface area contributed by atoms with Crippen LogP contribution in [-0.2, 0) is 0 Å². The largest absolute Gasteiger partial charge is 0.495 e. The van der Waals surface area contributed by atoms with Crippen molar-refractivity contribution in [1.29, 1.82) is 0 Å². The molecule has 2 N–H and O–H groups in total. The number of aromatic nitrogens is 2. The predicted octanol–water partition coefficient (Wildman–Crippen LogP) is 2.39. The second-order valence-corrected chi connectivity index (χ2v) is 3.64. The fraction of sp³-hybridized carbons (Fsp3) is 0.0909. The molecule has 0 atom stereocenters. The molecule has 2 rings (SSSR count). The number of nitrogen functional groups attached to an aromatic ring is 1. The Morgan fingerprint density at radius 2 is 2.06 bits per heavy atom. The SMILES string of the molecule is COc1cncc(-c2cc(Cl)cnc2N)c1. The minimum Gasteiger partial charge on any atom is -0.495 e. The second-order valence-electron chi connectivity index (χ2n) is 3.20. The number of pyridine rings is 2. The summed E-state index contributed by atoms with van der Waals surface area (Å²) in [6, 6.07) is 3.58. The third-order valence-electron chi connectivity index (χ3n) is 2.15. The Kier molecular flexibility index (Phi) is 2.92. The van der Waals surface area contributed by atoms with Crippen molar-refractivity contribution in [3.05, 3.63) is 35.7 Å². The molecule has 0 aliphatic carbocycles. The molecule has 5 heteroatoms. The van der Waals surface area contributed by atoms with E-state index in [0.29, 0.717) is 16.6 Å². The van der Waals surface area contributed by atoms with Crippen molar-refractivity contribution in [3.63, 3.8) is 0 Å². The lowest BCUT2D eigenvalue weighted by Gasteiger charge is -2.06. The van der Waals surface area contributed by atoms with Gasteiger partial charge in [0.2, 0.25) is 0 Å². The van der Waals surface area contributed by atoms with Gasteiger partial charge in [0, 0.05) is 23.5 Å². The molecule has 16 heavy (non-hydrogen) atoms. The summed E-state index contributed by atoms with van der Waals surface area (Å²) in [6.07, 6.45) is 4.82. The molecule has 0 aliphatic heterocycles. The average Bonchev–Trinajstić information content (AvgIpc) is 2.32. The number of halogens is 1. The summed E-state index contributed by atoms with van der Waals surface area (Å²) in [5.41, 5.74) is 7.35. The zero-order valence-electron chi connectivity index (χ0n) is 8.64. The number of rotatable bonds is 2. The van der Waals surface area contributed by atoms with Crippen LogP contribution in [0.2, 0.25) is 5.02 Å². The molecule has 0 bridgehead atoms. The molecule has 0 unspecified atom stereocenters. The highest BCUT2D eigenvalue weighted by Crippen LogP contribution is 2.28. The molecule has 0 spiro atoms. The smallest absolute Gasteiger partial charge is 0.137 e. The van der Waals surface area contributed by atoms with Gasteiger partial charge in [-0.15, -0.1) is 0 Å². The Hall–Kier alpha value is -1.81. The summed E-state index contributed by atoms with van der Waals surface area (Å²) >= 11 is 5.87. The number of hydrogen-bond donors (Lipinski definition) is 1. The minimum atomic E-state index is 0.416. The Bertz CT molecular complexity index is 516. The van der Waals surface area contributed by atoms with E-state index in [-0.39, 0.29) is 0 Å². The zero-order valence-corrected chi connectivity index (χ0v) is 9.40. The monoisotopic (exact) mass is 235 g/mol. The van der Waals surface area contributed by atoms with Crippen molar-refractivity contribution in [3.8, 4) is 16.9 Å². The molecule has 0 saturated carbocycles. The molecule has 2 aromatic rings. The Balaban J connectivity index is 2.53. The molecular formula is C11H10ClN3O. The van der Waals surface area contributed by atoms with E-state index < -0.39 is 0 Å². The van der Waals surface area contributed by atoms with Crippen LogP contribution in [-0.4, -0.2) is 17.1 Å². The summed E-state index contributed by atoms with van der Waals surface area (Å²) < 4.78 is 5.09. The van der Waals surface area contributed by atoms with Crippen LogP contribution in [0.5, 0.6) is 5.75 Å². The number of ether oxygens (including phenoxy) is 1. The Labute approximate surface area is 98.0 Å². The summed E-state index contributed by atoms with van der Waals surface area (Å²) in [4.78, 5) is 8.04. The molecule has 0 saturated heterocycles.